The first-order valence-electron chi connectivity index (χ1n) is 46.2. The number of carbonyl (C=O) groups excluding carboxylic acids is 10. The molecule has 29 nitrogen and oxygen atoms in total. The smallest absolute Gasteiger partial charge is 0.318 e. The van der Waals surface area contributed by atoms with Gasteiger partial charge in [-0.05, 0) is 140 Å². The SMILES string of the molecule is CCC(c1ccccc1)C(C(=O)NCCCNS(=O)(=O)c1cc(C(=O)c2ccc(C)cc2)c(O)cc1OC)C(CC(c1ccccc1)C1C(=O)N(CCCNS(=O)(=O)c2cc(C(=O)c3ccc(C)cc3)c(O)cc2OC)C(=O)C1CC(c1ccccc1)C1C(=O)N(CC(C)C)C(=O)C1CC(c1ccccc1)C(C(=O)NCC(C)C)C(CC(c1ccccc1)C1C(=O)OC(=O)C1C)C(=O)O)C(=O)O. The van der Waals surface area contributed by atoms with E-state index in [1.165, 1.54) is 38.3 Å². The number of amides is 6. The number of aromatic hydroxyl groups is 2. The zero-order chi connectivity index (χ0) is 99.0. The maximum Gasteiger partial charge on any atom is 0.318 e. The molecule has 137 heavy (non-hydrogen) atoms. The summed E-state index contributed by atoms with van der Waals surface area (Å²) in [5, 5.41) is 52.3. The lowest BCUT2D eigenvalue weighted by atomic mass is 9.64. The summed E-state index contributed by atoms with van der Waals surface area (Å²) in [5.41, 5.74) is 3.32. The highest BCUT2D eigenvalue weighted by atomic mass is 32.2. The van der Waals surface area contributed by atoms with Gasteiger partial charge in [-0.25, -0.2) is 26.3 Å². The molecular formula is C106H118N6O23S2. The fourth-order valence-electron chi connectivity index (χ4n) is 19.8. The number of phenols is 2. The number of ketones is 2. The lowest BCUT2D eigenvalue weighted by molar-refractivity contribution is -0.155. The zero-order valence-electron chi connectivity index (χ0n) is 78.1. The molecule has 15 atom stereocenters. The topological polar surface area (TPSA) is 436 Å². The van der Waals surface area contributed by atoms with Crippen LogP contribution < -0.4 is 29.6 Å². The number of ether oxygens (including phenoxy) is 3. The zero-order valence-corrected chi connectivity index (χ0v) is 79.8. The monoisotopic (exact) mass is 1910 g/mol. The number of aryl methyl sites for hydroxylation is 2. The van der Waals surface area contributed by atoms with Gasteiger partial charge in [0.15, 0.2) is 11.6 Å². The van der Waals surface area contributed by atoms with Crippen LogP contribution in [0.4, 0.5) is 0 Å². The van der Waals surface area contributed by atoms with Crippen LogP contribution in [0.25, 0.3) is 0 Å². The van der Waals surface area contributed by atoms with E-state index in [2.05, 4.69) is 20.1 Å². The molecule has 3 aliphatic rings. The Labute approximate surface area is 798 Å². The van der Waals surface area contributed by atoms with E-state index >= 15 is 33.6 Å². The fraction of sp³-hybridized carbons (Fsp3) is 0.377. The number of methoxy groups -OCH3 is 2. The first-order valence-corrected chi connectivity index (χ1v) is 49.1. The van der Waals surface area contributed by atoms with Gasteiger partial charge in [0.2, 0.25) is 55.5 Å². The predicted octanol–water partition coefficient (Wildman–Crippen LogP) is 13.8. The van der Waals surface area contributed by atoms with Gasteiger partial charge in [0.1, 0.15) is 32.8 Å². The van der Waals surface area contributed by atoms with Gasteiger partial charge in [-0.3, -0.25) is 67.3 Å². The first-order chi connectivity index (χ1) is 65.4. The minimum Gasteiger partial charge on any atom is -0.507 e. The molecule has 0 spiro atoms. The predicted molar refractivity (Wildman–Crippen MR) is 509 cm³/mol. The fourth-order valence-corrected chi connectivity index (χ4v) is 22.3. The van der Waals surface area contributed by atoms with Crippen LogP contribution in [-0.2, 0) is 72.7 Å². The van der Waals surface area contributed by atoms with Gasteiger partial charge < -0.3 is 45.3 Å². The van der Waals surface area contributed by atoms with Crippen molar-refractivity contribution in [2.45, 2.75) is 140 Å². The van der Waals surface area contributed by atoms with Crippen molar-refractivity contribution in [1.82, 2.24) is 29.9 Å². The molecule has 9 aromatic carbocycles. The number of cyclic esters (lactones) is 2. The van der Waals surface area contributed by atoms with Crippen LogP contribution in [0.2, 0.25) is 0 Å². The molecule has 0 saturated carbocycles. The lowest BCUT2D eigenvalue weighted by Crippen LogP contribution is -2.44. The Morgan fingerprint density at radius 2 is 0.832 bits per heavy atom. The Morgan fingerprint density at radius 1 is 0.445 bits per heavy atom. The van der Waals surface area contributed by atoms with Gasteiger partial charge in [0.05, 0.1) is 84.5 Å². The number of hydrogen-bond acceptors (Lipinski definition) is 21. The molecule has 0 aromatic heterocycles. The van der Waals surface area contributed by atoms with Crippen LogP contribution in [0, 0.1) is 84.9 Å². The van der Waals surface area contributed by atoms with Crippen LogP contribution in [0.15, 0.2) is 234 Å². The summed E-state index contributed by atoms with van der Waals surface area (Å²) >= 11 is 0. The summed E-state index contributed by atoms with van der Waals surface area (Å²) in [6.07, 6.45) is -2.22. The average molecular weight is 1910 g/mol. The summed E-state index contributed by atoms with van der Waals surface area (Å²) in [5.74, 6) is -34.4. The van der Waals surface area contributed by atoms with Gasteiger partial charge in [0.25, 0.3) is 0 Å². The number of aliphatic carboxylic acids is 2. The molecule has 3 heterocycles. The van der Waals surface area contributed by atoms with Crippen molar-refractivity contribution in [2.24, 2.45) is 71.0 Å². The molecule has 31 heteroatoms. The molecule has 0 aliphatic carbocycles. The van der Waals surface area contributed by atoms with Crippen molar-refractivity contribution in [3.8, 4) is 23.0 Å². The van der Waals surface area contributed by atoms with Crippen LogP contribution in [0.3, 0.4) is 0 Å². The first kappa shape index (κ1) is 103. The lowest BCUT2D eigenvalue weighted by Gasteiger charge is -2.37. The number of carbonyl (C=O) groups is 12. The molecule has 0 bridgehead atoms. The number of nitrogens with one attached hydrogen (secondary N) is 4. The summed E-state index contributed by atoms with van der Waals surface area (Å²) in [4.78, 5) is 184. The highest BCUT2D eigenvalue weighted by Gasteiger charge is 2.59. The number of carboxylic acids is 2. The van der Waals surface area contributed by atoms with E-state index in [0.29, 0.717) is 27.8 Å². The molecule has 0 radical (unpaired) electrons. The Kier molecular flexibility index (Phi) is 34.1. The van der Waals surface area contributed by atoms with Gasteiger partial charge in [-0.2, -0.15) is 0 Å². The van der Waals surface area contributed by atoms with E-state index in [4.69, 9.17) is 14.2 Å². The molecular weight excluding hydrogens is 1790 g/mol. The van der Waals surface area contributed by atoms with E-state index in [-0.39, 0.29) is 91.0 Å². The number of phenolic OH excluding ortho intramolecular Hbond substituents is 2. The second-order valence-corrected chi connectivity index (χ2v) is 40.0. The van der Waals surface area contributed by atoms with E-state index < -0.39 is 240 Å². The number of imide groups is 2. The van der Waals surface area contributed by atoms with Crippen LogP contribution in [-0.4, -0.2) is 171 Å². The second kappa shape index (κ2) is 45.5. The Balaban J connectivity index is 0.960. The van der Waals surface area contributed by atoms with Crippen molar-refractivity contribution >= 4 is 90.9 Å². The summed E-state index contributed by atoms with van der Waals surface area (Å²) in [6.45, 7) is 12.4. The van der Waals surface area contributed by atoms with Crippen molar-refractivity contribution in [1.29, 1.82) is 0 Å². The highest BCUT2D eigenvalue weighted by Crippen LogP contribution is 2.54. The number of rotatable bonds is 47. The normalized spacial score (nSPS) is 18.8. The number of likely N-dealkylation sites (tertiary alicyclic amines) is 2. The van der Waals surface area contributed by atoms with Crippen LogP contribution in [0.5, 0.6) is 23.0 Å². The van der Waals surface area contributed by atoms with Gasteiger partial charge in [-0.15, -0.1) is 0 Å². The average Bonchev–Trinajstić information content (AvgIpc) is 1.70. The molecule has 3 fully saturated rings. The molecule has 9 aromatic rings. The van der Waals surface area contributed by atoms with Gasteiger partial charge >= 0.3 is 23.9 Å². The molecule has 12 rings (SSSR count). The number of sulfonamides is 2. The van der Waals surface area contributed by atoms with Crippen molar-refractivity contribution in [3.63, 3.8) is 0 Å². The van der Waals surface area contributed by atoms with E-state index in [1.54, 1.807) is 204 Å². The molecule has 15 unspecified atom stereocenters. The van der Waals surface area contributed by atoms with Crippen molar-refractivity contribution in [3.05, 3.63) is 286 Å². The number of carboxylic acid groups (broad SMARTS) is 2. The minimum atomic E-state index is -4.73. The third-order valence-corrected chi connectivity index (χ3v) is 29.7. The summed E-state index contributed by atoms with van der Waals surface area (Å²) < 4.78 is 79.1. The standard InChI is InChI=1S/C106H118N6O23S2/c1-11-73(66-29-17-12-18-30-66)91(97(117)107-47-27-48-109-136(129,130)88-55-78(84(113)57-86(88)133-9)95(115)71-43-39-63(6)40-44-71)82(103(123)124)54-77(70-37-25-16-26-38-70)93-80(99(119)111(101(93)121)50-28-49-110-137(131,132)89-56-79(85(114)58-87(89)134-10)96(116)72-45-41-64(7)42-46-72)52-76(69-35-23-15-24-36-69)94-81(100(120)112(102(94)122)60-62(4)5)51-75(68-33-21-14-22-34-68)92(98(118)108-59-61(2)3)83(104(125)126)53-74(67-31-19-13-20-32-67)90-65(8)105(127)135-106(90)128/h12-26,29-46,55-58,61-62,65,73-77,80-83,90-94,109-110,113-114H,11,27-28,47-54,59-60H2,1-10H3,(H,107,117)(H,108,118)(H,123,124)(H,125,126). The number of esters is 2. The Morgan fingerprint density at radius 3 is 1.25 bits per heavy atom. The molecule has 8 N–H and O–H groups in total. The molecule has 722 valence electrons. The molecule has 6 amide bonds. The Hall–Kier alpha value is -13.4. The van der Waals surface area contributed by atoms with Crippen molar-refractivity contribution < 1.29 is 109 Å². The van der Waals surface area contributed by atoms with Crippen molar-refractivity contribution in [2.75, 3.05) is 53.5 Å². The van der Waals surface area contributed by atoms with Gasteiger partial charge in [-0.1, -0.05) is 253 Å². The van der Waals surface area contributed by atoms with Crippen LogP contribution in [0.1, 0.15) is 187 Å². The quantitative estimate of drug-likeness (QED) is 0.00577. The molecule has 3 aliphatic heterocycles. The highest BCUT2D eigenvalue weighted by molar-refractivity contribution is 7.90. The molecule has 3 saturated heterocycles. The maximum atomic E-state index is 16.8. The number of hydrogen-bond donors (Lipinski definition) is 8. The Bertz CT molecular complexity index is 6130. The third kappa shape index (κ3) is 23.7. The largest absolute Gasteiger partial charge is 0.507 e. The number of benzene rings is 9. The minimum absolute atomic E-state index is 0.0419. The second-order valence-electron chi connectivity index (χ2n) is 36.6. The maximum absolute atomic E-state index is 16.8. The van der Waals surface area contributed by atoms with E-state index in [0.717, 1.165) is 52.3 Å². The summed E-state index contributed by atoms with van der Waals surface area (Å²) in [6, 6.07) is 59.0. The van der Waals surface area contributed by atoms with Gasteiger partial charge in [0, 0.05) is 62.5 Å². The number of nitrogens with zero attached hydrogens (tertiary/aromatic N) is 2. The summed E-state index contributed by atoms with van der Waals surface area (Å²) in [7, 11) is -6.97. The van der Waals surface area contributed by atoms with E-state index in [1.807, 2.05) is 20.8 Å². The van der Waals surface area contributed by atoms with Crippen LogP contribution >= 0.6 is 0 Å². The third-order valence-electron chi connectivity index (χ3n) is 26.7. The van der Waals surface area contributed by atoms with E-state index in [9.17, 15) is 61.2 Å².